The Bertz CT molecular complexity index is 616. The summed E-state index contributed by atoms with van der Waals surface area (Å²) in [5, 5.41) is 0. The largest absolute Gasteiger partial charge is 0.466 e. The zero-order valence-electron chi connectivity index (χ0n) is 15.2. The summed E-state index contributed by atoms with van der Waals surface area (Å²) in [6.45, 7) is 5.61. The Labute approximate surface area is 153 Å². The van der Waals surface area contributed by atoms with Crippen molar-refractivity contribution in [3.63, 3.8) is 0 Å². The highest BCUT2D eigenvalue weighted by atomic mass is 16.5. The number of anilines is 1. The SMILES string of the molecule is CCOC(=O)C[C@H]1CCCCN1C(=O)c1cnc(N2CCOCC2)nc1. The lowest BCUT2D eigenvalue weighted by Gasteiger charge is -2.35. The highest BCUT2D eigenvalue weighted by molar-refractivity contribution is 5.94. The Morgan fingerprint density at radius 2 is 1.92 bits per heavy atom. The quantitative estimate of drug-likeness (QED) is 0.729. The lowest BCUT2D eigenvalue weighted by Crippen LogP contribution is -2.45. The topological polar surface area (TPSA) is 84.9 Å². The van der Waals surface area contributed by atoms with Gasteiger partial charge in [-0.15, -0.1) is 0 Å². The number of hydrogen-bond donors (Lipinski definition) is 0. The highest BCUT2D eigenvalue weighted by Crippen LogP contribution is 2.22. The molecule has 2 fully saturated rings. The van der Waals surface area contributed by atoms with Crippen molar-refractivity contribution < 1.29 is 19.1 Å². The molecule has 0 aliphatic carbocycles. The van der Waals surface area contributed by atoms with Gasteiger partial charge in [0.05, 0.1) is 31.8 Å². The van der Waals surface area contributed by atoms with E-state index in [4.69, 9.17) is 9.47 Å². The third-order valence-electron chi connectivity index (χ3n) is 4.77. The van der Waals surface area contributed by atoms with E-state index in [1.807, 2.05) is 4.90 Å². The Balaban J connectivity index is 1.66. The number of aromatic nitrogens is 2. The van der Waals surface area contributed by atoms with Crippen LogP contribution >= 0.6 is 0 Å². The third kappa shape index (κ3) is 4.49. The van der Waals surface area contributed by atoms with Crippen LogP contribution in [0.5, 0.6) is 0 Å². The van der Waals surface area contributed by atoms with Crippen molar-refractivity contribution in [2.24, 2.45) is 0 Å². The standard InChI is InChI=1S/C18H26N4O4/c1-2-26-16(23)11-15-5-3-4-6-22(15)17(24)14-12-19-18(20-13-14)21-7-9-25-10-8-21/h12-13,15H,2-11H2,1H3/t15-/m1/s1. The summed E-state index contributed by atoms with van der Waals surface area (Å²) in [7, 11) is 0. The summed E-state index contributed by atoms with van der Waals surface area (Å²) < 4.78 is 10.4. The molecule has 0 aromatic carbocycles. The maximum absolute atomic E-state index is 12.9. The molecular formula is C18H26N4O4. The molecule has 2 aliphatic rings. The zero-order chi connectivity index (χ0) is 18.4. The minimum atomic E-state index is -0.254. The molecule has 0 bridgehead atoms. The number of piperidine rings is 1. The van der Waals surface area contributed by atoms with Crippen LogP contribution < -0.4 is 4.90 Å². The second-order valence-electron chi connectivity index (χ2n) is 6.53. The van der Waals surface area contributed by atoms with E-state index in [0.29, 0.717) is 37.9 Å². The number of nitrogens with zero attached hydrogens (tertiary/aromatic N) is 4. The summed E-state index contributed by atoms with van der Waals surface area (Å²) in [6, 6.07) is -0.116. The first-order valence-electron chi connectivity index (χ1n) is 9.30. The zero-order valence-corrected chi connectivity index (χ0v) is 15.2. The Hall–Kier alpha value is -2.22. The van der Waals surface area contributed by atoms with Crippen molar-refractivity contribution >= 4 is 17.8 Å². The molecule has 0 spiro atoms. The first-order valence-corrected chi connectivity index (χ1v) is 9.30. The minimum Gasteiger partial charge on any atom is -0.466 e. The van der Waals surface area contributed by atoms with Crippen molar-refractivity contribution in [3.05, 3.63) is 18.0 Å². The van der Waals surface area contributed by atoms with Crippen molar-refractivity contribution in [1.82, 2.24) is 14.9 Å². The van der Waals surface area contributed by atoms with Gasteiger partial charge in [0, 0.05) is 38.1 Å². The maximum atomic E-state index is 12.9. The number of esters is 1. The normalized spacial score (nSPS) is 20.7. The molecule has 1 aromatic rings. The van der Waals surface area contributed by atoms with E-state index in [0.717, 1.165) is 32.4 Å². The molecule has 26 heavy (non-hydrogen) atoms. The van der Waals surface area contributed by atoms with Crippen molar-refractivity contribution in [2.45, 2.75) is 38.6 Å². The van der Waals surface area contributed by atoms with Crippen LogP contribution in [0.1, 0.15) is 43.0 Å². The predicted octanol–water partition coefficient (Wildman–Crippen LogP) is 1.26. The number of ether oxygens (including phenoxy) is 2. The van der Waals surface area contributed by atoms with Crippen molar-refractivity contribution in [3.8, 4) is 0 Å². The number of amides is 1. The molecule has 1 aromatic heterocycles. The average molecular weight is 362 g/mol. The van der Waals surface area contributed by atoms with Crippen molar-refractivity contribution in [2.75, 3.05) is 44.4 Å². The fourth-order valence-electron chi connectivity index (χ4n) is 3.42. The molecule has 1 amide bonds. The van der Waals surface area contributed by atoms with Gasteiger partial charge in [0.25, 0.3) is 5.91 Å². The van der Waals surface area contributed by atoms with E-state index < -0.39 is 0 Å². The minimum absolute atomic E-state index is 0.116. The van der Waals surface area contributed by atoms with E-state index in [-0.39, 0.29) is 24.3 Å². The van der Waals surface area contributed by atoms with Crippen LogP contribution in [0, 0.1) is 0 Å². The van der Waals surface area contributed by atoms with Gasteiger partial charge >= 0.3 is 5.97 Å². The number of likely N-dealkylation sites (tertiary alicyclic amines) is 1. The lowest BCUT2D eigenvalue weighted by molar-refractivity contribution is -0.144. The highest BCUT2D eigenvalue weighted by Gasteiger charge is 2.30. The fraction of sp³-hybridized carbons (Fsp3) is 0.667. The van der Waals surface area contributed by atoms with Crippen LogP contribution in [0.2, 0.25) is 0 Å². The molecule has 3 rings (SSSR count). The van der Waals surface area contributed by atoms with E-state index in [1.165, 1.54) is 0 Å². The van der Waals surface area contributed by atoms with Crippen LogP contribution in [0.4, 0.5) is 5.95 Å². The summed E-state index contributed by atoms with van der Waals surface area (Å²) in [4.78, 5) is 37.3. The van der Waals surface area contributed by atoms with Gasteiger partial charge in [-0.25, -0.2) is 9.97 Å². The summed E-state index contributed by atoms with van der Waals surface area (Å²) in [5.41, 5.74) is 0.456. The summed E-state index contributed by atoms with van der Waals surface area (Å²) >= 11 is 0. The molecule has 142 valence electrons. The van der Waals surface area contributed by atoms with Gasteiger partial charge in [0.2, 0.25) is 5.95 Å². The van der Waals surface area contributed by atoms with Crippen LogP contribution in [0.15, 0.2) is 12.4 Å². The predicted molar refractivity (Wildman–Crippen MR) is 95.0 cm³/mol. The van der Waals surface area contributed by atoms with Gasteiger partial charge in [-0.3, -0.25) is 9.59 Å². The molecule has 3 heterocycles. The van der Waals surface area contributed by atoms with E-state index in [2.05, 4.69) is 9.97 Å². The van der Waals surface area contributed by atoms with Gasteiger partial charge in [0.1, 0.15) is 0 Å². The Morgan fingerprint density at radius 3 is 2.62 bits per heavy atom. The third-order valence-corrected chi connectivity index (χ3v) is 4.77. The molecule has 2 aliphatic heterocycles. The summed E-state index contributed by atoms with van der Waals surface area (Å²) in [6.07, 6.45) is 6.17. The molecule has 0 N–H and O–H groups in total. The van der Waals surface area contributed by atoms with E-state index in [9.17, 15) is 9.59 Å². The van der Waals surface area contributed by atoms with Crippen molar-refractivity contribution in [1.29, 1.82) is 0 Å². The smallest absolute Gasteiger partial charge is 0.307 e. The van der Waals surface area contributed by atoms with Gasteiger partial charge in [-0.1, -0.05) is 0 Å². The van der Waals surface area contributed by atoms with Gasteiger partial charge in [-0.2, -0.15) is 0 Å². The van der Waals surface area contributed by atoms with Crippen LogP contribution in [0.25, 0.3) is 0 Å². The van der Waals surface area contributed by atoms with Crippen LogP contribution in [0.3, 0.4) is 0 Å². The molecule has 8 nitrogen and oxygen atoms in total. The Morgan fingerprint density at radius 1 is 1.19 bits per heavy atom. The maximum Gasteiger partial charge on any atom is 0.307 e. The van der Waals surface area contributed by atoms with Crippen LogP contribution in [-0.2, 0) is 14.3 Å². The van der Waals surface area contributed by atoms with Crippen LogP contribution in [-0.4, -0.2) is 72.2 Å². The van der Waals surface area contributed by atoms with E-state index in [1.54, 1.807) is 24.2 Å². The number of carbonyl (C=O) groups is 2. The van der Waals surface area contributed by atoms with Gasteiger partial charge < -0.3 is 19.3 Å². The molecule has 1 atom stereocenters. The number of carbonyl (C=O) groups excluding carboxylic acids is 2. The molecule has 0 saturated carbocycles. The average Bonchev–Trinajstić information content (AvgIpc) is 2.69. The molecule has 8 heteroatoms. The van der Waals surface area contributed by atoms with Gasteiger partial charge in [-0.05, 0) is 26.2 Å². The summed E-state index contributed by atoms with van der Waals surface area (Å²) in [5.74, 6) is 0.246. The fourth-order valence-corrected chi connectivity index (χ4v) is 3.42. The Kier molecular flexibility index (Phi) is 6.38. The second-order valence-corrected chi connectivity index (χ2v) is 6.53. The number of morpholine rings is 1. The monoisotopic (exact) mass is 362 g/mol. The number of hydrogen-bond acceptors (Lipinski definition) is 7. The molecular weight excluding hydrogens is 336 g/mol. The first kappa shape index (κ1) is 18.6. The lowest BCUT2D eigenvalue weighted by atomic mass is 9.98. The van der Waals surface area contributed by atoms with E-state index >= 15 is 0 Å². The second kappa shape index (κ2) is 8.93. The molecule has 0 radical (unpaired) electrons. The molecule has 2 saturated heterocycles. The number of rotatable bonds is 5. The molecule has 0 unspecified atom stereocenters. The van der Waals surface area contributed by atoms with Gasteiger partial charge in [0.15, 0.2) is 0 Å². The first-order chi connectivity index (χ1) is 12.7.